The first-order valence-corrected chi connectivity index (χ1v) is 14.0. The lowest BCUT2D eigenvalue weighted by molar-refractivity contribution is 0.0954. The van der Waals surface area contributed by atoms with Gasteiger partial charge in [-0.2, -0.15) is 5.10 Å². The zero-order valence-electron chi connectivity index (χ0n) is 21.5. The molecule has 0 saturated carbocycles. The molecule has 0 bridgehead atoms. The summed E-state index contributed by atoms with van der Waals surface area (Å²) in [7, 11) is -3.50. The minimum absolute atomic E-state index is 0.138. The van der Waals surface area contributed by atoms with E-state index < -0.39 is 15.9 Å². The average molecular weight is 541 g/mol. The van der Waals surface area contributed by atoms with Gasteiger partial charge >= 0.3 is 0 Å². The Balaban J connectivity index is 1.40. The number of amides is 2. The molecule has 198 valence electrons. The van der Waals surface area contributed by atoms with Crippen molar-refractivity contribution in [3.63, 3.8) is 0 Å². The van der Waals surface area contributed by atoms with Crippen molar-refractivity contribution < 1.29 is 18.0 Å². The molecule has 0 atom stereocenters. The standard InChI is InChI=1S/C30H28N4O4S/c1-22(26-12-9-13-27(20-26)31-29(35)24-10-5-3-6-11-24)32-33-30(36)25-18-16-23(17-19-25)21-34(39(2,37)38)28-14-7-4-8-15-28/h3-20H,21H2,1-2H3,(H,31,35)(H,33,36)/b32-22-. The maximum absolute atomic E-state index is 12.7. The first kappa shape index (κ1) is 27.3. The van der Waals surface area contributed by atoms with E-state index >= 15 is 0 Å². The maximum atomic E-state index is 12.7. The number of hydrogen-bond donors (Lipinski definition) is 2. The number of sulfonamides is 1. The fourth-order valence-corrected chi connectivity index (χ4v) is 4.69. The number of carbonyl (C=O) groups excluding carboxylic acids is 2. The van der Waals surface area contributed by atoms with E-state index in [1.54, 1.807) is 97.9 Å². The number of carbonyl (C=O) groups is 2. The lowest BCUT2D eigenvalue weighted by Crippen LogP contribution is -2.29. The van der Waals surface area contributed by atoms with Crippen molar-refractivity contribution in [1.82, 2.24) is 5.43 Å². The number of rotatable bonds is 9. The van der Waals surface area contributed by atoms with Crippen LogP contribution in [0.4, 0.5) is 11.4 Å². The summed E-state index contributed by atoms with van der Waals surface area (Å²) in [5, 5.41) is 7.07. The second-order valence-electron chi connectivity index (χ2n) is 8.84. The smallest absolute Gasteiger partial charge is 0.271 e. The Hall–Kier alpha value is -4.76. The molecule has 4 aromatic rings. The van der Waals surface area contributed by atoms with Crippen LogP contribution in [0.5, 0.6) is 0 Å². The Morgan fingerprint density at radius 1 is 0.744 bits per heavy atom. The summed E-state index contributed by atoms with van der Waals surface area (Å²) in [6, 6.07) is 31.6. The highest BCUT2D eigenvalue weighted by atomic mass is 32.2. The molecule has 0 spiro atoms. The van der Waals surface area contributed by atoms with Gasteiger partial charge in [-0.05, 0) is 66.6 Å². The normalized spacial score (nSPS) is 11.5. The molecule has 0 unspecified atom stereocenters. The fraction of sp³-hybridized carbons (Fsp3) is 0.100. The van der Waals surface area contributed by atoms with Crippen molar-refractivity contribution >= 4 is 38.9 Å². The van der Waals surface area contributed by atoms with E-state index in [0.717, 1.165) is 17.4 Å². The summed E-state index contributed by atoms with van der Waals surface area (Å²) in [5.74, 6) is -0.625. The van der Waals surface area contributed by atoms with Crippen molar-refractivity contribution in [3.05, 3.63) is 131 Å². The van der Waals surface area contributed by atoms with Gasteiger partial charge in [-0.25, -0.2) is 13.8 Å². The van der Waals surface area contributed by atoms with E-state index in [4.69, 9.17) is 0 Å². The Kier molecular flexibility index (Phi) is 8.53. The van der Waals surface area contributed by atoms with Gasteiger partial charge in [0.05, 0.1) is 24.2 Å². The van der Waals surface area contributed by atoms with Gasteiger partial charge in [-0.3, -0.25) is 13.9 Å². The first-order chi connectivity index (χ1) is 18.7. The van der Waals surface area contributed by atoms with Crippen LogP contribution in [0, 0.1) is 0 Å². The lowest BCUT2D eigenvalue weighted by Gasteiger charge is -2.22. The second-order valence-corrected chi connectivity index (χ2v) is 10.7. The molecular formula is C30H28N4O4S. The van der Waals surface area contributed by atoms with E-state index in [9.17, 15) is 18.0 Å². The minimum Gasteiger partial charge on any atom is -0.322 e. The lowest BCUT2D eigenvalue weighted by atomic mass is 10.1. The van der Waals surface area contributed by atoms with Crippen LogP contribution in [0.2, 0.25) is 0 Å². The summed E-state index contributed by atoms with van der Waals surface area (Å²) in [4.78, 5) is 25.1. The molecule has 0 heterocycles. The highest BCUT2D eigenvalue weighted by Gasteiger charge is 2.18. The number of benzene rings is 4. The monoisotopic (exact) mass is 540 g/mol. The Labute approximate surface area is 228 Å². The van der Waals surface area contributed by atoms with Crippen molar-refractivity contribution in [2.75, 3.05) is 15.9 Å². The van der Waals surface area contributed by atoms with Crippen LogP contribution in [0.3, 0.4) is 0 Å². The third-order valence-corrected chi connectivity index (χ3v) is 7.03. The third-order valence-electron chi connectivity index (χ3n) is 5.89. The number of hydrogen-bond acceptors (Lipinski definition) is 5. The minimum atomic E-state index is -3.50. The second kappa shape index (κ2) is 12.2. The zero-order chi connectivity index (χ0) is 27.8. The first-order valence-electron chi connectivity index (χ1n) is 12.1. The molecule has 0 fully saturated rings. The molecule has 2 amide bonds. The summed E-state index contributed by atoms with van der Waals surface area (Å²) in [5.41, 5.74) is 6.68. The predicted molar refractivity (Wildman–Crippen MR) is 154 cm³/mol. The molecule has 4 aromatic carbocycles. The number of para-hydroxylation sites is 1. The topological polar surface area (TPSA) is 108 Å². The zero-order valence-corrected chi connectivity index (χ0v) is 22.4. The molecule has 0 aliphatic heterocycles. The average Bonchev–Trinajstić information content (AvgIpc) is 2.95. The molecule has 0 radical (unpaired) electrons. The summed E-state index contributed by atoms with van der Waals surface area (Å²) >= 11 is 0. The van der Waals surface area contributed by atoms with E-state index in [-0.39, 0.29) is 12.5 Å². The number of nitrogens with zero attached hydrogens (tertiary/aromatic N) is 2. The SMILES string of the molecule is C/C(=N/NC(=O)c1ccc(CN(c2ccccc2)S(C)(=O)=O)cc1)c1cccc(NC(=O)c2ccccc2)c1. The maximum Gasteiger partial charge on any atom is 0.271 e. The van der Waals surface area contributed by atoms with Crippen LogP contribution in [-0.2, 0) is 16.6 Å². The van der Waals surface area contributed by atoms with Gasteiger partial charge in [-0.1, -0.05) is 60.7 Å². The molecule has 0 saturated heterocycles. The van der Waals surface area contributed by atoms with Crippen molar-refractivity contribution in [2.24, 2.45) is 5.10 Å². The van der Waals surface area contributed by atoms with Crippen LogP contribution < -0.4 is 15.0 Å². The highest BCUT2D eigenvalue weighted by molar-refractivity contribution is 7.92. The van der Waals surface area contributed by atoms with Crippen LogP contribution in [0.1, 0.15) is 38.8 Å². The van der Waals surface area contributed by atoms with E-state index in [1.807, 2.05) is 18.2 Å². The Bertz CT molecular complexity index is 1590. The highest BCUT2D eigenvalue weighted by Crippen LogP contribution is 2.20. The molecule has 0 aliphatic carbocycles. The molecule has 9 heteroatoms. The van der Waals surface area contributed by atoms with Gasteiger partial charge < -0.3 is 5.32 Å². The van der Waals surface area contributed by atoms with Gasteiger partial charge in [0.25, 0.3) is 11.8 Å². The molecule has 8 nitrogen and oxygen atoms in total. The van der Waals surface area contributed by atoms with Crippen LogP contribution in [-0.4, -0.2) is 32.2 Å². The van der Waals surface area contributed by atoms with Crippen molar-refractivity contribution in [1.29, 1.82) is 0 Å². The quantitative estimate of drug-likeness (QED) is 0.229. The third kappa shape index (κ3) is 7.39. The van der Waals surface area contributed by atoms with E-state index in [2.05, 4.69) is 15.8 Å². The number of hydrazone groups is 1. The predicted octanol–water partition coefficient (Wildman–Crippen LogP) is 5.06. The van der Waals surface area contributed by atoms with Gasteiger partial charge in [0.2, 0.25) is 10.0 Å². The van der Waals surface area contributed by atoms with Crippen molar-refractivity contribution in [2.45, 2.75) is 13.5 Å². The van der Waals surface area contributed by atoms with Crippen LogP contribution in [0.15, 0.2) is 114 Å². The van der Waals surface area contributed by atoms with E-state index in [1.165, 1.54) is 4.31 Å². The molecule has 0 aliphatic rings. The molecular weight excluding hydrogens is 512 g/mol. The number of anilines is 2. The van der Waals surface area contributed by atoms with Crippen LogP contribution >= 0.6 is 0 Å². The molecule has 0 aromatic heterocycles. The largest absolute Gasteiger partial charge is 0.322 e. The van der Waals surface area contributed by atoms with Gasteiger partial charge in [-0.15, -0.1) is 0 Å². The molecule has 2 N–H and O–H groups in total. The van der Waals surface area contributed by atoms with Crippen LogP contribution in [0.25, 0.3) is 0 Å². The van der Waals surface area contributed by atoms with Gasteiger partial charge in [0.1, 0.15) is 0 Å². The summed E-state index contributed by atoms with van der Waals surface area (Å²) < 4.78 is 26.0. The van der Waals surface area contributed by atoms with Gasteiger partial charge in [0, 0.05) is 16.8 Å². The molecule has 4 rings (SSSR count). The Morgan fingerprint density at radius 3 is 1.97 bits per heavy atom. The Morgan fingerprint density at radius 2 is 1.33 bits per heavy atom. The van der Waals surface area contributed by atoms with E-state index in [0.29, 0.717) is 28.2 Å². The molecule has 39 heavy (non-hydrogen) atoms. The van der Waals surface area contributed by atoms with Gasteiger partial charge in [0.15, 0.2) is 0 Å². The number of nitrogens with one attached hydrogen (secondary N) is 2. The fourth-order valence-electron chi connectivity index (χ4n) is 3.80. The van der Waals surface area contributed by atoms with Crippen molar-refractivity contribution in [3.8, 4) is 0 Å². The summed E-state index contributed by atoms with van der Waals surface area (Å²) in [6.07, 6.45) is 1.16. The summed E-state index contributed by atoms with van der Waals surface area (Å²) in [6.45, 7) is 1.89.